The van der Waals surface area contributed by atoms with E-state index in [2.05, 4.69) is 22.5 Å². The number of carbonyl (C=O) groups excluding carboxylic acids is 1. The number of carbonyl (C=O) groups is 1. The number of rotatable bonds is 9. The van der Waals surface area contributed by atoms with Crippen LogP contribution in [0.15, 0.2) is 18.3 Å². The highest BCUT2D eigenvalue weighted by molar-refractivity contribution is 5.81. The van der Waals surface area contributed by atoms with Gasteiger partial charge in [-0.1, -0.05) is 25.8 Å². The van der Waals surface area contributed by atoms with Crippen LogP contribution < -0.4 is 15.4 Å². The standard InChI is InChI=1S/C15H25N3O2/c1-4-5-6-9-16-15(19)12(2)17-10-13-7-8-14(20-3)18-11-13/h7-8,11-12,17H,4-6,9-10H2,1-3H3,(H,16,19). The van der Waals surface area contributed by atoms with Crippen LogP contribution in [0.2, 0.25) is 0 Å². The number of pyridine rings is 1. The molecule has 1 aromatic heterocycles. The Morgan fingerprint density at radius 3 is 2.80 bits per heavy atom. The monoisotopic (exact) mass is 279 g/mol. The summed E-state index contributed by atoms with van der Waals surface area (Å²) in [5.41, 5.74) is 1.02. The van der Waals surface area contributed by atoms with E-state index in [1.807, 2.05) is 19.1 Å². The van der Waals surface area contributed by atoms with Crippen molar-refractivity contribution < 1.29 is 9.53 Å². The Hall–Kier alpha value is -1.62. The van der Waals surface area contributed by atoms with Crippen LogP contribution in [0.25, 0.3) is 0 Å². The van der Waals surface area contributed by atoms with Crippen LogP contribution in [0.4, 0.5) is 0 Å². The number of nitrogens with one attached hydrogen (secondary N) is 2. The molecule has 20 heavy (non-hydrogen) atoms. The van der Waals surface area contributed by atoms with Crippen molar-refractivity contribution in [2.45, 2.75) is 45.7 Å². The summed E-state index contributed by atoms with van der Waals surface area (Å²) >= 11 is 0. The van der Waals surface area contributed by atoms with Crippen molar-refractivity contribution in [3.05, 3.63) is 23.9 Å². The number of methoxy groups -OCH3 is 1. The molecule has 5 nitrogen and oxygen atoms in total. The Bertz CT molecular complexity index is 393. The molecule has 1 aromatic rings. The van der Waals surface area contributed by atoms with Gasteiger partial charge in [0.1, 0.15) is 0 Å². The largest absolute Gasteiger partial charge is 0.481 e. The molecule has 0 fully saturated rings. The highest BCUT2D eigenvalue weighted by Crippen LogP contribution is 2.06. The summed E-state index contributed by atoms with van der Waals surface area (Å²) in [5, 5.41) is 6.12. The van der Waals surface area contributed by atoms with Gasteiger partial charge < -0.3 is 15.4 Å². The van der Waals surface area contributed by atoms with E-state index in [4.69, 9.17) is 4.74 Å². The number of ether oxygens (including phenoxy) is 1. The van der Waals surface area contributed by atoms with Crippen LogP contribution in [0.3, 0.4) is 0 Å². The fourth-order valence-corrected chi connectivity index (χ4v) is 1.74. The zero-order valence-electron chi connectivity index (χ0n) is 12.6. The number of aromatic nitrogens is 1. The van der Waals surface area contributed by atoms with Crippen molar-refractivity contribution in [3.63, 3.8) is 0 Å². The predicted octanol–water partition coefficient (Wildman–Crippen LogP) is 1.87. The molecule has 0 saturated heterocycles. The van der Waals surface area contributed by atoms with E-state index in [-0.39, 0.29) is 11.9 Å². The molecule has 1 unspecified atom stereocenters. The smallest absolute Gasteiger partial charge is 0.236 e. The van der Waals surface area contributed by atoms with Crippen molar-refractivity contribution in [3.8, 4) is 5.88 Å². The van der Waals surface area contributed by atoms with Crippen LogP contribution in [0.5, 0.6) is 5.88 Å². The Morgan fingerprint density at radius 1 is 1.40 bits per heavy atom. The first-order chi connectivity index (χ1) is 9.67. The third kappa shape index (κ3) is 6.02. The van der Waals surface area contributed by atoms with Crippen LogP contribution >= 0.6 is 0 Å². The van der Waals surface area contributed by atoms with E-state index in [9.17, 15) is 4.79 Å². The van der Waals surface area contributed by atoms with Gasteiger partial charge in [-0.25, -0.2) is 4.98 Å². The van der Waals surface area contributed by atoms with Gasteiger partial charge in [-0.2, -0.15) is 0 Å². The number of amides is 1. The van der Waals surface area contributed by atoms with Crippen molar-refractivity contribution >= 4 is 5.91 Å². The second-order valence-corrected chi connectivity index (χ2v) is 4.81. The van der Waals surface area contributed by atoms with E-state index in [1.54, 1.807) is 13.3 Å². The quantitative estimate of drug-likeness (QED) is 0.677. The molecule has 0 aromatic carbocycles. The highest BCUT2D eigenvalue weighted by Gasteiger charge is 2.11. The molecule has 0 radical (unpaired) electrons. The van der Waals surface area contributed by atoms with E-state index in [0.717, 1.165) is 31.4 Å². The highest BCUT2D eigenvalue weighted by atomic mass is 16.5. The van der Waals surface area contributed by atoms with Gasteiger partial charge in [-0.15, -0.1) is 0 Å². The molecule has 1 atom stereocenters. The number of nitrogens with zero attached hydrogens (tertiary/aromatic N) is 1. The minimum Gasteiger partial charge on any atom is -0.481 e. The van der Waals surface area contributed by atoms with Gasteiger partial charge in [-0.3, -0.25) is 4.79 Å². The van der Waals surface area contributed by atoms with Crippen molar-refractivity contribution in [2.24, 2.45) is 0 Å². The first-order valence-electron chi connectivity index (χ1n) is 7.17. The van der Waals surface area contributed by atoms with Crippen LogP contribution in [0.1, 0.15) is 38.7 Å². The zero-order chi connectivity index (χ0) is 14.8. The third-order valence-corrected chi connectivity index (χ3v) is 3.09. The average molecular weight is 279 g/mol. The zero-order valence-corrected chi connectivity index (χ0v) is 12.6. The topological polar surface area (TPSA) is 63.2 Å². The third-order valence-electron chi connectivity index (χ3n) is 3.09. The lowest BCUT2D eigenvalue weighted by atomic mass is 10.2. The maximum absolute atomic E-state index is 11.8. The number of unbranched alkanes of at least 4 members (excludes halogenated alkanes) is 2. The first-order valence-corrected chi connectivity index (χ1v) is 7.17. The summed E-state index contributed by atoms with van der Waals surface area (Å²) in [6, 6.07) is 3.54. The first kappa shape index (κ1) is 16.4. The lowest BCUT2D eigenvalue weighted by Crippen LogP contribution is -2.42. The lowest BCUT2D eigenvalue weighted by Gasteiger charge is -2.14. The van der Waals surface area contributed by atoms with Gasteiger partial charge in [-0.05, 0) is 18.9 Å². The minimum absolute atomic E-state index is 0.0440. The summed E-state index contributed by atoms with van der Waals surface area (Å²) in [4.78, 5) is 15.9. The van der Waals surface area contributed by atoms with Crippen LogP contribution in [-0.4, -0.2) is 30.6 Å². The van der Waals surface area contributed by atoms with Crippen LogP contribution in [0, 0.1) is 0 Å². The predicted molar refractivity (Wildman–Crippen MR) is 79.6 cm³/mol. The minimum atomic E-state index is -0.210. The van der Waals surface area contributed by atoms with Crippen molar-refractivity contribution in [1.82, 2.24) is 15.6 Å². The van der Waals surface area contributed by atoms with E-state index in [1.165, 1.54) is 0 Å². The molecular formula is C15H25N3O2. The SMILES string of the molecule is CCCCCNC(=O)C(C)NCc1ccc(OC)nc1. The summed E-state index contributed by atoms with van der Waals surface area (Å²) in [6.07, 6.45) is 5.10. The number of hydrogen-bond acceptors (Lipinski definition) is 4. The van der Waals surface area contributed by atoms with Crippen molar-refractivity contribution in [1.29, 1.82) is 0 Å². The Morgan fingerprint density at radius 2 is 2.20 bits per heavy atom. The average Bonchev–Trinajstić information content (AvgIpc) is 2.49. The summed E-state index contributed by atoms with van der Waals surface area (Å²) < 4.78 is 5.00. The molecule has 112 valence electrons. The normalized spacial score (nSPS) is 11.9. The second-order valence-electron chi connectivity index (χ2n) is 4.81. The molecule has 0 aliphatic rings. The van der Waals surface area contributed by atoms with E-state index >= 15 is 0 Å². The Kier molecular flexibility index (Phi) is 7.65. The van der Waals surface area contributed by atoms with Gasteiger partial charge in [0.05, 0.1) is 13.2 Å². The Balaban J connectivity index is 2.27. The molecule has 5 heteroatoms. The van der Waals surface area contributed by atoms with Gasteiger partial charge in [0.15, 0.2) is 0 Å². The molecule has 0 aliphatic carbocycles. The maximum Gasteiger partial charge on any atom is 0.236 e. The fraction of sp³-hybridized carbons (Fsp3) is 0.600. The molecule has 1 amide bonds. The molecule has 0 bridgehead atoms. The van der Waals surface area contributed by atoms with E-state index in [0.29, 0.717) is 12.4 Å². The molecule has 0 spiro atoms. The lowest BCUT2D eigenvalue weighted by molar-refractivity contribution is -0.122. The van der Waals surface area contributed by atoms with Crippen molar-refractivity contribution in [2.75, 3.05) is 13.7 Å². The molecule has 0 aliphatic heterocycles. The molecule has 1 rings (SSSR count). The van der Waals surface area contributed by atoms with Gasteiger partial charge in [0, 0.05) is 25.4 Å². The fourth-order valence-electron chi connectivity index (χ4n) is 1.74. The van der Waals surface area contributed by atoms with Gasteiger partial charge in [0.25, 0.3) is 0 Å². The Labute approximate surface area is 121 Å². The van der Waals surface area contributed by atoms with E-state index < -0.39 is 0 Å². The van der Waals surface area contributed by atoms with Gasteiger partial charge >= 0.3 is 0 Å². The molecular weight excluding hydrogens is 254 g/mol. The molecule has 1 heterocycles. The number of hydrogen-bond donors (Lipinski definition) is 2. The second kappa shape index (κ2) is 9.31. The molecule has 2 N–H and O–H groups in total. The summed E-state index contributed by atoms with van der Waals surface area (Å²) in [6.45, 7) is 5.38. The van der Waals surface area contributed by atoms with Crippen LogP contribution in [-0.2, 0) is 11.3 Å². The summed E-state index contributed by atoms with van der Waals surface area (Å²) in [7, 11) is 1.59. The summed E-state index contributed by atoms with van der Waals surface area (Å²) in [5.74, 6) is 0.637. The maximum atomic E-state index is 11.8. The molecule has 0 saturated carbocycles. The van der Waals surface area contributed by atoms with Gasteiger partial charge in [0.2, 0.25) is 11.8 Å².